The van der Waals surface area contributed by atoms with Gasteiger partial charge in [0.05, 0.1) is 0 Å². The van der Waals surface area contributed by atoms with Gasteiger partial charge in [0, 0.05) is 29.5 Å². The van der Waals surface area contributed by atoms with E-state index in [9.17, 15) is 0 Å². The van der Waals surface area contributed by atoms with E-state index < -0.39 is 0 Å². The molecule has 17 heavy (non-hydrogen) atoms. The van der Waals surface area contributed by atoms with Crippen LogP contribution in [0.2, 0.25) is 0 Å². The molecule has 0 fully saturated rings. The molecule has 1 aliphatic heterocycles. The standard InChI is InChI=1S/C14H24N2S/c1-4-14(5-2,10-15)16-8-6-13-12(11(16)3)7-9-17-13/h7,9,11H,4-6,8,10,15H2,1-3H3. The maximum Gasteiger partial charge on any atom is 0.0337 e. The van der Waals surface area contributed by atoms with Crippen molar-refractivity contribution in [3.05, 3.63) is 21.9 Å². The van der Waals surface area contributed by atoms with Crippen molar-refractivity contribution >= 4 is 11.3 Å². The monoisotopic (exact) mass is 252 g/mol. The molecule has 2 nitrogen and oxygen atoms in total. The normalized spacial score (nSPS) is 21.5. The molecule has 1 aliphatic rings. The Balaban J connectivity index is 2.30. The van der Waals surface area contributed by atoms with E-state index in [1.54, 1.807) is 4.88 Å². The molecule has 0 amide bonds. The summed E-state index contributed by atoms with van der Waals surface area (Å²) in [5.74, 6) is 0. The predicted octanol–water partition coefficient (Wildman–Crippen LogP) is 3.18. The number of nitrogens with two attached hydrogens (primary N) is 1. The second kappa shape index (κ2) is 5.09. The minimum absolute atomic E-state index is 0.193. The highest BCUT2D eigenvalue weighted by Gasteiger charge is 2.38. The van der Waals surface area contributed by atoms with Gasteiger partial charge in [0.15, 0.2) is 0 Å². The topological polar surface area (TPSA) is 29.3 Å². The molecule has 1 unspecified atom stereocenters. The molecule has 3 heteroatoms. The number of nitrogens with zero attached hydrogens (tertiary/aromatic N) is 1. The molecule has 1 atom stereocenters. The lowest BCUT2D eigenvalue weighted by Gasteiger charge is -2.48. The fourth-order valence-corrected chi connectivity index (χ4v) is 4.18. The molecule has 0 aliphatic carbocycles. The van der Waals surface area contributed by atoms with Crippen LogP contribution in [0.5, 0.6) is 0 Å². The van der Waals surface area contributed by atoms with Crippen LogP contribution >= 0.6 is 11.3 Å². The molecule has 0 spiro atoms. The van der Waals surface area contributed by atoms with Crippen molar-refractivity contribution in [2.75, 3.05) is 13.1 Å². The van der Waals surface area contributed by atoms with Crippen molar-refractivity contribution in [1.82, 2.24) is 4.90 Å². The van der Waals surface area contributed by atoms with Gasteiger partial charge in [-0.1, -0.05) is 13.8 Å². The van der Waals surface area contributed by atoms with Crippen LogP contribution in [0.1, 0.15) is 50.1 Å². The molecule has 96 valence electrons. The van der Waals surface area contributed by atoms with Crippen molar-refractivity contribution in [3.63, 3.8) is 0 Å². The van der Waals surface area contributed by atoms with Gasteiger partial charge in [-0.3, -0.25) is 4.90 Å². The van der Waals surface area contributed by atoms with Crippen molar-refractivity contribution in [2.24, 2.45) is 5.73 Å². The molecule has 2 heterocycles. The van der Waals surface area contributed by atoms with Gasteiger partial charge in [-0.05, 0) is 43.2 Å². The van der Waals surface area contributed by atoms with E-state index in [2.05, 4.69) is 37.1 Å². The second-order valence-electron chi connectivity index (χ2n) is 5.05. The molecule has 0 saturated heterocycles. The molecule has 2 rings (SSSR count). The van der Waals surface area contributed by atoms with Crippen LogP contribution in [0.3, 0.4) is 0 Å². The molecule has 2 N–H and O–H groups in total. The van der Waals surface area contributed by atoms with E-state index in [0.717, 1.165) is 25.9 Å². The zero-order valence-electron chi connectivity index (χ0n) is 11.2. The first-order valence-electron chi connectivity index (χ1n) is 6.71. The summed E-state index contributed by atoms with van der Waals surface area (Å²) in [7, 11) is 0. The second-order valence-corrected chi connectivity index (χ2v) is 6.05. The number of thiophene rings is 1. The van der Waals surface area contributed by atoms with E-state index in [1.807, 2.05) is 11.3 Å². The predicted molar refractivity (Wildman–Crippen MR) is 75.5 cm³/mol. The number of hydrogen-bond donors (Lipinski definition) is 1. The van der Waals surface area contributed by atoms with E-state index in [1.165, 1.54) is 12.0 Å². The summed E-state index contributed by atoms with van der Waals surface area (Å²) in [6.07, 6.45) is 3.48. The van der Waals surface area contributed by atoms with Crippen molar-refractivity contribution < 1.29 is 0 Å². The summed E-state index contributed by atoms with van der Waals surface area (Å²) in [5.41, 5.74) is 7.80. The van der Waals surface area contributed by atoms with Crippen molar-refractivity contribution in [3.8, 4) is 0 Å². The van der Waals surface area contributed by atoms with Gasteiger partial charge in [0.2, 0.25) is 0 Å². The van der Waals surface area contributed by atoms with Gasteiger partial charge in [0.25, 0.3) is 0 Å². The van der Waals surface area contributed by atoms with E-state index in [-0.39, 0.29) is 5.54 Å². The summed E-state index contributed by atoms with van der Waals surface area (Å²) in [4.78, 5) is 4.22. The van der Waals surface area contributed by atoms with Gasteiger partial charge in [-0.15, -0.1) is 11.3 Å². The zero-order chi connectivity index (χ0) is 12.5. The van der Waals surface area contributed by atoms with Crippen LogP contribution in [0.25, 0.3) is 0 Å². The third-order valence-electron chi connectivity index (χ3n) is 4.58. The van der Waals surface area contributed by atoms with E-state index in [4.69, 9.17) is 5.73 Å². The van der Waals surface area contributed by atoms with Gasteiger partial charge >= 0.3 is 0 Å². The maximum absolute atomic E-state index is 6.08. The van der Waals surface area contributed by atoms with Crippen LogP contribution in [0, 0.1) is 0 Å². The maximum atomic E-state index is 6.08. The smallest absolute Gasteiger partial charge is 0.0337 e. The fourth-order valence-electron chi connectivity index (χ4n) is 3.22. The molecule has 0 radical (unpaired) electrons. The fraction of sp³-hybridized carbons (Fsp3) is 0.714. The molecular weight excluding hydrogens is 228 g/mol. The summed E-state index contributed by atoms with van der Waals surface area (Å²) in [6.45, 7) is 8.80. The van der Waals surface area contributed by atoms with Crippen LogP contribution in [-0.4, -0.2) is 23.5 Å². The zero-order valence-corrected chi connectivity index (χ0v) is 12.0. The summed E-state index contributed by atoms with van der Waals surface area (Å²) in [6, 6.07) is 2.82. The number of rotatable bonds is 4. The van der Waals surface area contributed by atoms with Gasteiger partial charge < -0.3 is 5.73 Å². The first kappa shape index (κ1) is 13.1. The Morgan fingerprint density at radius 2 is 2.18 bits per heavy atom. The summed E-state index contributed by atoms with van der Waals surface area (Å²) in [5, 5.41) is 2.23. The molecular formula is C14H24N2S. The summed E-state index contributed by atoms with van der Waals surface area (Å²) < 4.78 is 0. The van der Waals surface area contributed by atoms with E-state index >= 15 is 0 Å². The lowest BCUT2D eigenvalue weighted by molar-refractivity contribution is 0.0406. The average molecular weight is 252 g/mol. The third-order valence-corrected chi connectivity index (χ3v) is 5.58. The minimum Gasteiger partial charge on any atom is -0.329 e. The SMILES string of the molecule is CCC(CC)(CN)N1CCc2sccc2C1C. The van der Waals surface area contributed by atoms with Crippen LogP contribution < -0.4 is 5.73 Å². The van der Waals surface area contributed by atoms with Crippen molar-refractivity contribution in [2.45, 2.75) is 51.6 Å². The van der Waals surface area contributed by atoms with Gasteiger partial charge in [0.1, 0.15) is 0 Å². The highest BCUT2D eigenvalue weighted by Crippen LogP contribution is 2.39. The lowest BCUT2D eigenvalue weighted by Crippen LogP contribution is -2.55. The Morgan fingerprint density at radius 1 is 1.47 bits per heavy atom. The highest BCUT2D eigenvalue weighted by atomic mass is 32.1. The Hall–Kier alpha value is -0.380. The largest absolute Gasteiger partial charge is 0.329 e. The highest BCUT2D eigenvalue weighted by molar-refractivity contribution is 7.10. The molecule has 1 aromatic rings. The summed E-state index contributed by atoms with van der Waals surface area (Å²) >= 11 is 1.91. The quantitative estimate of drug-likeness (QED) is 0.891. The van der Waals surface area contributed by atoms with Gasteiger partial charge in [-0.25, -0.2) is 0 Å². The molecule has 1 aromatic heterocycles. The van der Waals surface area contributed by atoms with Crippen LogP contribution in [-0.2, 0) is 6.42 Å². The Morgan fingerprint density at radius 3 is 2.76 bits per heavy atom. The van der Waals surface area contributed by atoms with Crippen LogP contribution in [0.15, 0.2) is 11.4 Å². The average Bonchev–Trinajstić information content (AvgIpc) is 2.83. The lowest BCUT2D eigenvalue weighted by atomic mass is 9.86. The molecule has 0 aromatic carbocycles. The molecule has 0 saturated carbocycles. The Bertz CT molecular complexity index is 360. The third kappa shape index (κ3) is 2.05. The number of hydrogen-bond acceptors (Lipinski definition) is 3. The van der Waals surface area contributed by atoms with Crippen molar-refractivity contribution in [1.29, 1.82) is 0 Å². The van der Waals surface area contributed by atoms with Gasteiger partial charge in [-0.2, -0.15) is 0 Å². The minimum atomic E-state index is 0.193. The Kier molecular flexibility index (Phi) is 3.91. The van der Waals surface area contributed by atoms with E-state index in [0.29, 0.717) is 6.04 Å². The van der Waals surface area contributed by atoms with Crippen LogP contribution in [0.4, 0.5) is 0 Å². The first-order valence-corrected chi connectivity index (χ1v) is 7.59. The molecule has 0 bridgehead atoms. The Labute approximate surface area is 109 Å². The number of fused-ring (bicyclic) bond motifs is 1. The first-order chi connectivity index (χ1) is 8.18.